The maximum Gasteiger partial charge on any atom is 0.253 e. The van der Waals surface area contributed by atoms with E-state index >= 15 is 0 Å². The zero-order valence-corrected chi connectivity index (χ0v) is 17.7. The second kappa shape index (κ2) is 9.40. The Labute approximate surface area is 175 Å². The highest BCUT2D eigenvalue weighted by Gasteiger charge is 2.30. The van der Waals surface area contributed by atoms with Gasteiger partial charge in [0.25, 0.3) is 10.9 Å². The molecule has 1 saturated carbocycles. The number of benzene rings is 1. The molecule has 1 aliphatic carbocycles. The van der Waals surface area contributed by atoms with E-state index in [0.717, 1.165) is 25.7 Å². The minimum Gasteiger partial charge on any atom is -0.505 e. The van der Waals surface area contributed by atoms with Crippen molar-refractivity contribution in [2.45, 2.75) is 31.7 Å². The third-order valence-corrected chi connectivity index (χ3v) is 5.59. The lowest BCUT2D eigenvalue weighted by Crippen LogP contribution is -2.42. The van der Waals surface area contributed by atoms with E-state index in [-0.39, 0.29) is 52.7 Å². The number of methoxy groups -OCH3 is 1. The zero-order valence-electron chi connectivity index (χ0n) is 17.7. The summed E-state index contributed by atoms with van der Waals surface area (Å²) >= 11 is 0. The molecule has 0 amide bonds. The molecule has 8 heteroatoms. The SMILES string of the molecule is COC[C@@H]1CCCC[C@@H]1Nc1c(Nc2cccc(C(=O)CN(C)C)c2O)c(=O)c1=O. The summed E-state index contributed by atoms with van der Waals surface area (Å²) in [5.74, 6) is -0.214. The number of nitrogens with one attached hydrogen (secondary N) is 2. The van der Waals surface area contributed by atoms with Crippen LogP contribution in [0.3, 0.4) is 0 Å². The van der Waals surface area contributed by atoms with Crippen molar-refractivity contribution < 1.29 is 14.6 Å². The smallest absolute Gasteiger partial charge is 0.253 e. The minimum absolute atomic E-state index is 0.0455. The van der Waals surface area contributed by atoms with Gasteiger partial charge in [0.05, 0.1) is 24.4 Å². The van der Waals surface area contributed by atoms with Gasteiger partial charge >= 0.3 is 0 Å². The Morgan fingerprint density at radius 1 is 1.17 bits per heavy atom. The Morgan fingerprint density at radius 3 is 2.57 bits per heavy atom. The van der Waals surface area contributed by atoms with Crippen molar-refractivity contribution in [2.24, 2.45) is 5.92 Å². The standard InChI is InChI=1S/C22H29N3O5/c1-25(2)11-17(26)14-8-6-10-16(20(14)27)24-19-18(21(28)22(19)29)23-15-9-5-4-7-13(15)12-30-3/h6,8,10,13,15,23-24,27H,4-5,7,9,11-12H2,1-3H3/t13-,15-/m0/s1. The Kier molecular flexibility index (Phi) is 6.89. The molecule has 0 saturated heterocycles. The first-order valence-electron chi connectivity index (χ1n) is 10.2. The summed E-state index contributed by atoms with van der Waals surface area (Å²) in [4.78, 5) is 38.5. The summed E-state index contributed by atoms with van der Waals surface area (Å²) in [7, 11) is 5.18. The summed E-state index contributed by atoms with van der Waals surface area (Å²) in [5, 5.41) is 16.7. The highest BCUT2D eigenvalue weighted by atomic mass is 16.5. The molecular formula is C22H29N3O5. The van der Waals surface area contributed by atoms with Gasteiger partial charge in [-0.1, -0.05) is 18.9 Å². The van der Waals surface area contributed by atoms with E-state index in [9.17, 15) is 19.5 Å². The minimum atomic E-state index is -0.638. The van der Waals surface area contributed by atoms with Crippen LogP contribution in [0.25, 0.3) is 0 Å². The van der Waals surface area contributed by atoms with E-state index in [1.165, 1.54) is 6.07 Å². The average molecular weight is 415 g/mol. The Bertz CT molecular complexity index is 976. The number of rotatable bonds is 9. The van der Waals surface area contributed by atoms with E-state index in [0.29, 0.717) is 6.61 Å². The summed E-state index contributed by atoms with van der Waals surface area (Å²) in [5.41, 5.74) is -0.479. The molecule has 3 N–H and O–H groups in total. The van der Waals surface area contributed by atoms with Gasteiger partial charge in [-0.3, -0.25) is 14.4 Å². The molecule has 0 unspecified atom stereocenters. The third-order valence-electron chi connectivity index (χ3n) is 5.59. The molecule has 0 heterocycles. The van der Waals surface area contributed by atoms with Crippen LogP contribution in [-0.2, 0) is 4.74 Å². The molecule has 0 aliphatic heterocycles. The molecule has 1 aliphatic rings. The topological polar surface area (TPSA) is 108 Å². The number of phenols is 1. The molecule has 0 bridgehead atoms. The molecule has 2 aromatic carbocycles. The largest absolute Gasteiger partial charge is 0.505 e. The van der Waals surface area contributed by atoms with E-state index in [1.54, 1.807) is 38.2 Å². The molecule has 2 aromatic rings. The van der Waals surface area contributed by atoms with Crippen molar-refractivity contribution in [3.05, 3.63) is 44.2 Å². The van der Waals surface area contributed by atoms with Crippen LogP contribution < -0.4 is 21.5 Å². The summed E-state index contributed by atoms with van der Waals surface area (Å²) in [6.07, 6.45) is 4.06. The highest BCUT2D eigenvalue weighted by Crippen LogP contribution is 2.33. The molecule has 0 aromatic heterocycles. The van der Waals surface area contributed by atoms with Gasteiger partial charge in [-0.15, -0.1) is 0 Å². The number of carbonyl (C=O) groups excluding carboxylic acids is 1. The monoisotopic (exact) mass is 415 g/mol. The summed E-state index contributed by atoms with van der Waals surface area (Å²) < 4.78 is 5.30. The average Bonchev–Trinajstić information content (AvgIpc) is 2.72. The quantitative estimate of drug-likeness (QED) is 0.325. The van der Waals surface area contributed by atoms with Crippen LogP contribution in [0.15, 0.2) is 27.8 Å². The molecule has 1 fully saturated rings. The first-order valence-corrected chi connectivity index (χ1v) is 10.2. The van der Waals surface area contributed by atoms with Crippen molar-refractivity contribution in [1.29, 1.82) is 0 Å². The Morgan fingerprint density at radius 2 is 1.87 bits per heavy atom. The normalized spacial score (nSPS) is 19.2. The lowest BCUT2D eigenvalue weighted by molar-refractivity contribution is 0.0955. The van der Waals surface area contributed by atoms with Gasteiger partial charge in [-0.25, -0.2) is 0 Å². The molecule has 8 nitrogen and oxygen atoms in total. The van der Waals surface area contributed by atoms with Crippen LogP contribution in [0.2, 0.25) is 0 Å². The number of nitrogens with zero attached hydrogens (tertiary/aromatic N) is 1. The van der Waals surface area contributed by atoms with Gasteiger partial charge in [0, 0.05) is 19.1 Å². The molecule has 0 radical (unpaired) electrons. The molecule has 30 heavy (non-hydrogen) atoms. The van der Waals surface area contributed by atoms with Gasteiger partial charge in [0.1, 0.15) is 17.1 Å². The van der Waals surface area contributed by atoms with Crippen molar-refractivity contribution in [2.75, 3.05) is 45.0 Å². The van der Waals surface area contributed by atoms with Crippen LogP contribution in [0.5, 0.6) is 5.75 Å². The fourth-order valence-corrected chi connectivity index (χ4v) is 4.02. The van der Waals surface area contributed by atoms with E-state index in [4.69, 9.17) is 4.74 Å². The van der Waals surface area contributed by atoms with E-state index < -0.39 is 10.9 Å². The number of ether oxygens (including phenoxy) is 1. The summed E-state index contributed by atoms with van der Waals surface area (Å²) in [6, 6.07) is 4.77. The second-order valence-electron chi connectivity index (χ2n) is 8.15. The number of hydrogen-bond acceptors (Lipinski definition) is 8. The van der Waals surface area contributed by atoms with Crippen LogP contribution in [0.4, 0.5) is 17.1 Å². The number of ketones is 1. The predicted molar refractivity (Wildman–Crippen MR) is 117 cm³/mol. The van der Waals surface area contributed by atoms with Gasteiger partial charge < -0.3 is 25.4 Å². The van der Waals surface area contributed by atoms with E-state index in [1.807, 2.05) is 0 Å². The maximum atomic E-state index is 12.4. The van der Waals surface area contributed by atoms with Gasteiger partial charge in [0.2, 0.25) is 0 Å². The molecule has 3 rings (SSSR count). The van der Waals surface area contributed by atoms with Gasteiger partial charge in [-0.2, -0.15) is 0 Å². The van der Waals surface area contributed by atoms with Crippen molar-refractivity contribution in [3.63, 3.8) is 0 Å². The third kappa shape index (κ3) is 4.55. The highest BCUT2D eigenvalue weighted by molar-refractivity contribution is 6.02. The van der Waals surface area contributed by atoms with Crippen LogP contribution in [-0.4, -0.2) is 56.2 Å². The molecule has 0 spiro atoms. The lowest BCUT2D eigenvalue weighted by atomic mass is 9.84. The number of Topliss-reactive ketones (excluding diaryl/α,β-unsaturated/α-hetero) is 1. The number of anilines is 3. The number of para-hydroxylation sites is 1. The lowest BCUT2D eigenvalue weighted by Gasteiger charge is -2.33. The summed E-state index contributed by atoms with van der Waals surface area (Å²) in [6.45, 7) is 0.735. The number of hydrogen-bond donors (Lipinski definition) is 3. The number of carbonyl (C=O) groups is 1. The Hall–Kier alpha value is -2.71. The van der Waals surface area contributed by atoms with Crippen molar-refractivity contribution in [3.8, 4) is 5.75 Å². The Balaban J connectivity index is 1.82. The fraction of sp³-hybridized carbons (Fsp3) is 0.500. The van der Waals surface area contributed by atoms with Gasteiger partial charge in [0.15, 0.2) is 5.78 Å². The fourth-order valence-electron chi connectivity index (χ4n) is 4.02. The first kappa shape index (κ1) is 22.0. The van der Waals surface area contributed by atoms with E-state index in [2.05, 4.69) is 10.6 Å². The number of phenolic OH excluding ortho intramolecular Hbond substituents is 1. The van der Waals surface area contributed by atoms with Crippen LogP contribution in [0, 0.1) is 5.92 Å². The molecule has 162 valence electrons. The first-order chi connectivity index (χ1) is 14.3. The number of likely N-dealkylation sites (N-methyl/N-ethyl adjacent to an activating group) is 1. The van der Waals surface area contributed by atoms with Crippen molar-refractivity contribution >= 4 is 22.8 Å². The number of aromatic hydroxyl groups is 1. The molecular weight excluding hydrogens is 386 g/mol. The predicted octanol–water partition coefficient (Wildman–Crippen LogP) is 2.09. The van der Waals surface area contributed by atoms with Crippen molar-refractivity contribution in [1.82, 2.24) is 4.90 Å². The maximum absolute atomic E-state index is 12.4. The zero-order chi connectivity index (χ0) is 21.8. The second-order valence-corrected chi connectivity index (χ2v) is 8.15. The van der Waals surface area contributed by atoms with Crippen LogP contribution >= 0.6 is 0 Å². The van der Waals surface area contributed by atoms with Gasteiger partial charge in [-0.05, 0) is 39.1 Å². The molecule has 2 atom stereocenters. The van der Waals surface area contributed by atoms with Crippen LogP contribution in [0.1, 0.15) is 36.0 Å².